The van der Waals surface area contributed by atoms with Crippen LogP contribution in [0.2, 0.25) is 0 Å². The summed E-state index contributed by atoms with van der Waals surface area (Å²) < 4.78 is 6.65. The van der Waals surface area contributed by atoms with Gasteiger partial charge in [0.25, 0.3) is 0 Å². The van der Waals surface area contributed by atoms with E-state index in [-0.39, 0.29) is 6.04 Å². The van der Waals surface area contributed by atoms with Crippen LogP contribution in [0.15, 0.2) is 33.2 Å². The molecule has 0 saturated heterocycles. The molecule has 0 amide bonds. The molecule has 1 aromatic heterocycles. The number of hydrogen-bond acceptors (Lipinski definition) is 4. The van der Waals surface area contributed by atoms with Crippen molar-refractivity contribution in [3.05, 3.63) is 34.6 Å². The van der Waals surface area contributed by atoms with Crippen LogP contribution < -0.4 is 5.32 Å². The van der Waals surface area contributed by atoms with Gasteiger partial charge in [0.2, 0.25) is 11.8 Å². The van der Waals surface area contributed by atoms with Crippen molar-refractivity contribution < 1.29 is 4.42 Å². The molecular formula is C12H14BrN3O. The standard InChI is InChI=1S/C12H14BrN3O/c1-3-14-8(2)11-15-16-12(17-11)9-4-6-10(13)7-5-9/h4-8,14H,3H2,1-2H3. The van der Waals surface area contributed by atoms with Crippen molar-refractivity contribution in [2.24, 2.45) is 0 Å². The lowest BCUT2D eigenvalue weighted by Gasteiger charge is -2.05. The molecule has 0 fully saturated rings. The van der Waals surface area contributed by atoms with E-state index >= 15 is 0 Å². The fourth-order valence-corrected chi connectivity index (χ4v) is 1.78. The molecule has 17 heavy (non-hydrogen) atoms. The van der Waals surface area contributed by atoms with Crippen molar-refractivity contribution in [1.82, 2.24) is 15.5 Å². The largest absolute Gasteiger partial charge is 0.419 e. The van der Waals surface area contributed by atoms with E-state index in [1.165, 1.54) is 0 Å². The smallest absolute Gasteiger partial charge is 0.247 e. The highest BCUT2D eigenvalue weighted by atomic mass is 79.9. The minimum Gasteiger partial charge on any atom is -0.419 e. The second kappa shape index (κ2) is 5.42. The normalized spacial score (nSPS) is 12.6. The number of nitrogens with one attached hydrogen (secondary N) is 1. The van der Waals surface area contributed by atoms with Crippen molar-refractivity contribution in [3.8, 4) is 11.5 Å². The molecule has 1 N–H and O–H groups in total. The number of aromatic nitrogens is 2. The Morgan fingerprint density at radius 1 is 1.29 bits per heavy atom. The molecule has 1 heterocycles. The Hall–Kier alpha value is -1.20. The Morgan fingerprint density at radius 3 is 2.65 bits per heavy atom. The van der Waals surface area contributed by atoms with Crippen molar-refractivity contribution in [2.45, 2.75) is 19.9 Å². The summed E-state index contributed by atoms with van der Waals surface area (Å²) in [6.07, 6.45) is 0. The van der Waals surface area contributed by atoms with E-state index in [9.17, 15) is 0 Å². The molecule has 0 radical (unpaired) electrons. The van der Waals surface area contributed by atoms with Crippen molar-refractivity contribution in [1.29, 1.82) is 0 Å². The summed E-state index contributed by atoms with van der Waals surface area (Å²) in [6, 6.07) is 7.87. The quantitative estimate of drug-likeness (QED) is 0.941. The topological polar surface area (TPSA) is 51.0 Å². The first-order chi connectivity index (χ1) is 8.20. The molecule has 0 aliphatic carbocycles. The van der Waals surface area contributed by atoms with Gasteiger partial charge < -0.3 is 9.73 Å². The zero-order chi connectivity index (χ0) is 12.3. The third-order valence-electron chi connectivity index (χ3n) is 2.41. The predicted octanol–water partition coefficient (Wildman–Crippen LogP) is 3.17. The number of nitrogens with zero attached hydrogens (tertiary/aromatic N) is 2. The minimum atomic E-state index is 0.0803. The summed E-state index contributed by atoms with van der Waals surface area (Å²) >= 11 is 3.39. The molecule has 0 aliphatic rings. The van der Waals surface area contributed by atoms with Crippen LogP contribution in [0.3, 0.4) is 0 Å². The van der Waals surface area contributed by atoms with Gasteiger partial charge in [0, 0.05) is 10.0 Å². The third-order valence-corrected chi connectivity index (χ3v) is 2.94. The van der Waals surface area contributed by atoms with E-state index in [0.29, 0.717) is 11.8 Å². The molecule has 90 valence electrons. The number of rotatable bonds is 4. The van der Waals surface area contributed by atoms with E-state index in [0.717, 1.165) is 16.6 Å². The van der Waals surface area contributed by atoms with Crippen LogP contribution in [0.25, 0.3) is 11.5 Å². The minimum absolute atomic E-state index is 0.0803. The lowest BCUT2D eigenvalue weighted by Crippen LogP contribution is -2.17. The van der Waals surface area contributed by atoms with Crippen LogP contribution in [0.5, 0.6) is 0 Å². The summed E-state index contributed by atoms with van der Waals surface area (Å²) in [5.74, 6) is 1.17. The van der Waals surface area contributed by atoms with E-state index in [1.807, 2.05) is 38.1 Å². The highest BCUT2D eigenvalue weighted by Crippen LogP contribution is 2.22. The van der Waals surface area contributed by atoms with E-state index in [4.69, 9.17) is 4.42 Å². The van der Waals surface area contributed by atoms with Gasteiger partial charge in [-0.25, -0.2) is 0 Å². The van der Waals surface area contributed by atoms with E-state index in [1.54, 1.807) is 0 Å². The predicted molar refractivity (Wildman–Crippen MR) is 69.5 cm³/mol. The first-order valence-electron chi connectivity index (χ1n) is 5.53. The van der Waals surface area contributed by atoms with Gasteiger partial charge >= 0.3 is 0 Å². The first kappa shape index (κ1) is 12.3. The Balaban J connectivity index is 2.20. The van der Waals surface area contributed by atoms with Crippen LogP contribution in [0.1, 0.15) is 25.8 Å². The fraction of sp³-hybridized carbons (Fsp3) is 0.333. The third kappa shape index (κ3) is 2.92. The Bertz CT molecular complexity index is 481. The fourth-order valence-electron chi connectivity index (χ4n) is 1.51. The van der Waals surface area contributed by atoms with Crippen molar-refractivity contribution >= 4 is 15.9 Å². The molecule has 2 aromatic rings. The zero-order valence-corrected chi connectivity index (χ0v) is 11.4. The summed E-state index contributed by atoms with van der Waals surface area (Å²) in [4.78, 5) is 0. The monoisotopic (exact) mass is 295 g/mol. The molecule has 1 unspecified atom stereocenters. The van der Waals surface area contributed by atoms with Crippen molar-refractivity contribution in [2.75, 3.05) is 6.54 Å². The Morgan fingerprint density at radius 2 is 2.00 bits per heavy atom. The molecule has 0 aliphatic heterocycles. The molecular weight excluding hydrogens is 282 g/mol. The summed E-state index contributed by atoms with van der Waals surface area (Å²) in [7, 11) is 0. The molecule has 1 aromatic carbocycles. The first-order valence-corrected chi connectivity index (χ1v) is 6.32. The Labute approximate surface area is 109 Å². The molecule has 2 rings (SSSR count). The maximum Gasteiger partial charge on any atom is 0.247 e. The highest BCUT2D eigenvalue weighted by molar-refractivity contribution is 9.10. The Kier molecular flexibility index (Phi) is 3.91. The number of hydrogen-bond donors (Lipinski definition) is 1. The summed E-state index contributed by atoms with van der Waals surface area (Å²) in [5.41, 5.74) is 0.927. The molecule has 0 spiro atoms. The average Bonchev–Trinajstić information content (AvgIpc) is 2.80. The van der Waals surface area contributed by atoms with Gasteiger partial charge in [0.05, 0.1) is 6.04 Å². The van der Waals surface area contributed by atoms with Gasteiger partial charge in [0.1, 0.15) is 0 Å². The highest BCUT2D eigenvalue weighted by Gasteiger charge is 2.13. The average molecular weight is 296 g/mol. The molecule has 0 saturated carbocycles. The lowest BCUT2D eigenvalue weighted by molar-refractivity contribution is 0.429. The molecule has 1 atom stereocenters. The number of benzene rings is 1. The maximum atomic E-state index is 5.62. The summed E-state index contributed by atoms with van der Waals surface area (Å²) in [6.45, 7) is 4.92. The lowest BCUT2D eigenvalue weighted by atomic mass is 10.2. The second-order valence-corrected chi connectivity index (χ2v) is 4.65. The van der Waals surface area contributed by atoms with E-state index < -0.39 is 0 Å². The van der Waals surface area contributed by atoms with Crippen molar-refractivity contribution in [3.63, 3.8) is 0 Å². The van der Waals surface area contributed by atoms with E-state index in [2.05, 4.69) is 31.4 Å². The van der Waals surface area contributed by atoms with Crippen LogP contribution in [0.4, 0.5) is 0 Å². The van der Waals surface area contributed by atoms with Gasteiger partial charge in [-0.2, -0.15) is 0 Å². The molecule has 0 bridgehead atoms. The van der Waals surface area contributed by atoms with Crippen LogP contribution in [-0.4, -0.2) is 16.7 Å². The van der Waals surface area contributed by atoms with Crippen LogP contribution >= 0.6 is 15.9 Å². The van der Waals surface area contributed by atoms with Gasteiger partial charge in [-0.05, 0) is 37.7 Å². The molecule has 5 heteroatoms. The maximum absolute atomic E-state index is 5.62. The summed E-state index contributed by atoms with van der Waals surface area (Å²) in [5, 5.41) is 11.3. The SMILES string of the molecule is CCNC(C)c1nnc(-c2ccc(Br)cc2)o1. The van der Waals surface area contributed by atoms with Gasteiger partial charge in [-0.15, -0.1) is 10.2 Å². The zero-order valence-electron chi connectivity index (χ0n) is 9.77. The second-order valence-electron chi connectivity index (χ2n) is 3.73. The number of halogens is 1. The molecule has 4 nitrogen and oxygen atoms in total. The van der Waals surface area contributed by atoms with Gasteiger partial charge in [-0.3, -0.25) is 0 Å². The van der Waals surface area contributed by atoms with Gasteiger partial charge in [-0.1, -0.05) is 22.9 Å². The van der Waals surface area contributed by atoms with Gasteiger partial charge in [0.15, 0.2) is 0 Å². The van der Waals surface area contributed by atoms with Crippen LogP contribution in [-0.2, 0) is 0 Å². The van der Waals surface area contributed by atoms with Crippen LogP contribution in [0, 0.1) is 0 Å².